The largest absolute Gasteiger partial charge is 0.469 e. The minimum absolute atomic E-state index is 0.0311. The van der Waals surface area contributed by atoms with Gasteiger partial charge in [-0.3, -0.25) is 4.79 Å². The number of aliphatic hydroxyl groups excluding tert-OH is 2. The molecule has 4 heteroatoms. The third-order valence-electron chi connectivity index (χ3n) is 13.5. The number of aliphatic hydroxyl groups is 2. The van der Waals surface area contributed by atoms with Gasteiger partial charge in [-0.1, -0.05) is 53.2 Å². The predicted molar refractivity (Wildman–Crippen MR) is 138 cm³/mol. The van der Waals surface area contributed by atoms with Gasteiger partial charge < -0.3 is 14.9 Å². The molecule has 0 aromatic carbocycles. The van der Waals surface area contributed by atoms with Crippen molar-refractivity contribution in [1.82, 2.24) is 0 Å². The fourth-order valence-electron chi connectivity index (χ4n) is 10.8. The fourth-order valence-corrected chi connectivity index (χ4v) is 10.8. The van der Waals surface area contributed by atoms with E-state index in [1.807, 2.05) is 0 Å². The zero-order chi connectivity index (χ0) is 25.7. The smallest absolute Gasteiger partial charge is 0.312 e. The third kappa shape index (κ3) is 3.14. The summed E-state index contributed by atoms with van der Waals surface area (Å²) in [5.41, 5.74) is 1.35. The molecule has 0 unspecified atom stereocenters. The molecule has 4 fully saturated rings. The molecule has 9 atom stereocenters. The zero-order valence-corrected chi connectivity index (χ0v) is 23.4. The lowest BCUT2D eigenvalue weighted by atomic mass is 9.33. The van der Waals surface area contributed by atoms with Crippen molar-refractivity contribution in [2.24, 2.45) is 50.2 Å². The molecule has 0 heterocycles. The molecule has 198 valence electrons. The van der Waals surface area contributed by atoms with E-state index in [0.717, 1.165) is 51.4 Å². The number of methoxy groups -OCH3 is 1. The van der Waals surface area contributed by atoms with Crippen molar-refractivity contribution in [2.45, 2.75) is 112 Å². The van der Waals surface area contributed by atoms with Crippen LogP contribution in [-0.4, -0.2) is 36.0 Å². The van der Waals surface area contributed by atoms with Crippen molar-refractivity contribution in [1.29, 1.82) is 0 Å². The number of carbonyl (C=O) groups excluding carboxylic acids is 1. The Balaban J connectivity index is 1.60. The van der Waals surface area contributed by atoms with Crippen molar-refractivity contribution in [3.05, 3.63) is 11.6 Å². The van der Waals surface area contributed by atoms with E-state index in [0.29, 0.717) is 11.8 Å². The lowest BCUT2D eigenvalue weighted by molar-refractivity contribution is -0.206. The quantitative estimate of drug-likeness (QED) is 0.355. The first-order chi connectivity index (χ1) is 16.2. The summed E-state index contributed by atoms with van der Waals surface area (Å²) in [6, 6.07) is 0. The predicted octanol–water partition coefficient (Wildman–Crippen LogP) is 6.29. The molecule has 0 aromatic rings. The highest BCUT2D eigenvalue weighted by molar-refractivity contribution is 5.78. The third-order valence-corrected chi connectivity index (χ3v) is 13.5. The monoisotopic (exact) mass is 486 g/mol. The maximum absolute atomic E-state index is 13.4. The number of carbonyl (C=O) groups is 1. The average molecular weight is 487 g/mol. The van der Waals surface area contributed by atoms with Gasteiger partial charge in [-0.15, -0.1) is 0 Å². The molecule has 0 radical (unpaired) electrons. The normalized spacial score (nSPS) is 52.8. The summed E-state index contributed by atoms with van der Waals surface area (Å²) in [4.78, 5) is 13.4. The second kappa shape index (κ2) is 7.82. The lowest BCUT2D eigenvalue weighted by Crippen LogP contribution is -2.65. The van der Waals surface area contributed by atoms with Gasteiger partial charge in [0, 0.05) is 6.61 Å². The number of ether oxygens (including phenoxy) is 1. The molecular weight excluding hydrogens is 436 g/mol. The van der Waals surface area contributed by atoms with Crippen molar-refractivity contribution < 1.29 is 19.7 Å². The Morgan fingerprint density at radius 3 is 2.31 bits per heavy atom. The summed E-state index contributed by atoms with van der Waals surface area (Å²) in [6.45, 7) is 14.6. The summed E-state index contributed by atoms with van der Waals surface area (Å²) in [5.74, 6) is 1.26. The minimum atomic E-state index is -0.435. The number of esters is 1. The second-order valence-electron chi connectivity index (χ2n) is 15.0. The first kappa shape index (κ1) is 25.8. The lowest BCUT2D eigenvalue weighted by Gasteiger charge is -2.71. The van der Waals surface area contributed by atoms with Crippen LogP contribution in [0.15, 0.2) is 11.6 Å². The molecule has 5 rings (SSSR count). The summed E-state index contributed by atoms with van der Waals surface area (Å²) in [7, 11) is 1.55. The Morgan fingerprint density at radius 2 is 1.66 bits per heavy atom. The SMILES string of the molecule is COC(=O)[C@]12CC[C@](C)(CO)C[C@H]1C1=CC[C@@H]3[C@@]4(C)CC[C@H](O)C(C)(C)[C@@H]4CC[C@@]3(C)[C@]1(C)CC2. The van der Waals surface area contributed by atoms with Crippen molar-refractivity contribution in [3.8, 4) is 0 Å². The topological polar surface area (TPSA) is 66.8 Å². The van der Waals surface area contributed by atoms with Crippen LogP contribution >= 0.6 is 0 Å². The first-order valence-electron chi connectivity index (χ1n) is 14.3. The Kier molecular flexibility index (Phi) is 5.76. The van der Waals surface area contributed by atoms with E-state index < -0.39 is 5.41 Å². The highest BCUT2D eigenvalue weighted by Gasteiger charge is 2.69. The van der Waals surface area contributed by atoms with Crippen molar-refractivity contribution in [2.75, 3.05) is 13.7 Å². The Hall–Kier alpha value is -0.870. The van der Waals surface area contributed by atoms with Crippen LogP contribution in [0.4, 0.5) is 0 Å². The van der Waals surface area contributed by atoms with Gasteiger partial charge >= 0.3 is 5.97 Å². The summed E-state index contributed by atoms with van der Waals surface area (Å²) >= 11 is 0. The number of fused-ring (bicyclic) bond motifs is 7. The maximum Gasteiger partial charge on any atom is 0.312 e. The summed E-state index contributed by atoms with van der Waals surface area (Å²) < 4.78 is 5.46. The van der Waals surface area contributed by atoms with E-state index >= 15 is 0 Å². The molecule has 0 spiro atoms. The molecule has 5 aliphatic rings. The van der Waals surface area contributed by atoms with E-state index in [1.165, 1.54) is 18.4 Å². The average Bonchev–Trinajstić information content (AvgIpc) is 2.81. The van der Waals surface area contributed by atoms with E-state index in [9.17, 15) is 15.0 Å². The number of rotatable bonds is 2. The van der Waals surface area contributed by atoms with Crippen LogP contribution in [0.2, 0.25) is 0 Å². The summed E-state index contributed by atoms with van der Waals surface area (Å²) in [5, 5.41) is 21.2. The highest BCUT2D eigenvalue weighted by atomic mass is 16.5. The Labute approximate surface area is 213 Å². The number of allylic oxidation sites excluding steroid dienone is 2. The van der Waals surface area contributed by atoms with Gasteiger partial charge in [0.1, 0.15) is 0 Å². The Morgan fingerprint density at radius 1 is 0.971 bits per heavy atom. The van der Waals surface area contributed by atoms with Gasteiger partial charge in [0.25, 0.3) is 0 Å². The van der Waals surface area contributed by atoms with Gasteiger partial charge in [0.05, 0.1) is 18.6 Å². The maximum atomic E-state index is 13.4. The molecule has 2 N–H and O–H groups in total. The van der Waals surface area contributed by atoms with Crippen LogP contribution < -0.4 is 0 Å². The van der Waals surface area contributed by atoms with Crippen LogP contribution in [0.25, 0.3) is 0 Å². The van der Waals surface area contributed by atoms with E-state index in [2.05, 4.69) is 47.6 Å². The van der Waals surface area contributed by atoms with E-state index in [-0.39, 0.29) is 51.7 Å². The van der Waals surface area contributed by atoms with Gasteiger partial charge in [0.2, 0.25) is 0 Å². The van der Waals surface area contributed by atoms with Crippen LogP contribution in [0.5, 0.6) is 0 Å². The Bertz CT molecular complexity index is 923. The van der Waals surface area contributed by atoms with Crippen LogP contribution in [0.3, 0.4) is 0 Å². The number of hydrogen-bond acceptors (Lipinski definition) is 4. The minimum Gasteiger partial charge on any atom is -0.469 e. The molecule has 4 nitrogen and oxygen atoms in total. The molecule has 0 saturated heterocycles. The van der Waals surface area contributed by atoms with Gasteiger partial charge in [0.15, 0.2) is 0 Å². The molecule has 0 amide bonds. The van der Waals surface area contributed by atoms with Gasteiger partial charge in [-0.25, -0.2) is 0 Å². The summed E-state index contributed by atoms with van der Waals surface area (Å²) in [6.07, 6.45) is 12.3. The number of hydrogen-bond donors (Lipinski definition) is 2. The fraction of sp³-hybridized carbons (Fsp3) is 0.903. The van der Waals surface area contributed by atoms with Crippen LogP contribution in [-0.2, 0) is 9.53 Å². The molecule has 5 aliphatic carbocycles. The van der Waals surface area contributed by atoms with Crippen molar-refractivity contribution >= 4 is 5.97 Å². The molecule has 0 aromatic heterocycles. The van der Waals surface area contributed by atoms with Gasteiger partial charge in [-0.05, 0) is 109 Å². The van der Waals surface area contributed by atoms with Crippen LogP contribution in [0.1, 0.15) is 106 Å². The second-order valence-corrected chi connectivity index (χ2v) is 15.0. The molecule has 35 heavy (non-hydrogen) atoms. The molecule has 0 aliphatic heterocycles. The van der Waals surface area contributed by atoms with Crippen molar-refractivity contribution in [3.63, 3.8) is 0 Å². The molecular formula is C31H50O4. The molecule has 0 bridgehead atoms. The van der Waals surface area contributed by atoms with E-state index in [4.69, 9.17) is 4.74 Å². The standard InChI is InChI=1S/C31H50O4/c1-26(2)22-10-13-30(6)23(28(22,4)12-11-24(26)33)9-8-20-21-18-27(3,19-32)14-16-31(21,25(34)35-7)17-15-29(20,30)5/h8,21-24,32-33H,9-19H2,1-7H3/t21-,22-,23+,24-,27-,28-,29+,30+,31-/m0/s1. The van der Waals surface area contributed by atoms with Crippen LogP contribution in [0, 0.1) is 50.2 Å². The molecule has 4 saturated carbocycles. The highest BCUT2D eigenvalue weighted by Crippen LogP contribution is 2.75. The van der Waals surface area contributed by atoms with Gasteiger partial charge in [-0.2, -0.15) is 0 Å². The zero-order valence-electron chi connectivity index (χ0n) is 23.4. The first-order valence-corrected chi connectivity index (χ1v) is 14.3. The van der Waals surface area contributed by atoms with E-state index in [1.54, 1.807) is 7.11 Å².